The molecular formula is C15H19FN2. The van der Waals surface area contributed by atoms with Gasteiger partial charge in [-0.2, -0.15) is 0 Å². The number of hydrogen-bond donors (Lipinski definition) is 0. The lowest BCUT2D eigenvalue weighted by Gasteiger charge is -2.30. The van der Waals surface area contributed by atoms with Crippen LogP contribution in [0.2, 0.25) is 0 Å². The minimum absolute atomic E-state index is 0.183. The van der Waals surface area contributed by atoms with E-state index in [1.54, 1.807) is 18.5 Å². The first-order valence-electron chi connectivity index (χ1n) is 6.31. The zero-order chi connectivity index (χ0) is 13.2. The fourth-order valence-corrected chi connectivity index (χ4v) is 2.64. The van der Waals surface area contributed by atoms with Gasteiger partial charge in [-0.25, -0.2) is 9.37 Å². The number of benzene rings is 1. The van der Waals surface area contributed by atoms with E-state index >= 15 is 0 Å². The maximum absolute atomic E-state index is 13.5. The zero-order valence-corrected chi connectivity index (χ0v) is 11.2. The molecule has 0 fully saturated rings. The summed E-state index contributed by atoms with van der Waals surface area (Å²) >= 11 is 0. The molecule has 2 rings (SSSR count). The van der Waals surface area contributed by atoms with Crippen molar-refractivity contribution in [2.24, 2.45) is 7.05 Å². The zero-order valence-electron chi connectivity index (χ0n) is 11.2. The van der Waals surface area contributed by atoms with Crippen LogP contribution in [0.4, 0.5) is 4.39 Å². The van der Waals surface area contributed by atoms with Gasteiger partial charge in [0.25, 0.3) is 0 Å². The molecule has 96 valence electrons. The van der Waals surface area contributed by atoms with Gasteiger partial charge in [-0.15, -0.1) is 0 Å². The highest BCUT2D eigenvalue weighted by molar-refractivity contribution is 5.34. The predicted molar refractivity (Wildman–Crippen MR) is 71.0 cm³/mol. The summed E-state index contributed by atoms with van der Waals surface area (Å²) in [6, 6.07) is 6.88. The molecule has 0 N–H and O–H groups in total. The summed E-state index contributed by atoms with van der Waals surface area (Å²) in [4.78, 5) is 4.19. The first-order chi connectivity index (χ1) is 8.58. The third-order valence-electron chi connectivity index (χ3n) is 3.59. The van der Waals surface area contributed by atoms with Gasteiger partial charge < -0.3 is 4.57 Å². The number of hydrogen-bond acceptors (Lipinski definition) is 1. The molecule has 2 aromatic rings. The summed E-state index contributed by atoms with van der Waals surface area (Å²) in [6.45, 7) is 4.30. The van der Waals surface area contributed by atoms with Crippen molar-refractivity contribution in [3.05, 3.63) is 53.9 Å². The second-order valence-corrected chi connectivity index (χ2v) is 4.98. The summed E-state index contributed by atoms with van der Waals surface area (Å²) in [5, 5.41) is 0. The van der Waals surface area contributed by atoms with Crippen LogP contribution in [0.15, 0.2) is 36.8 Å². The summed E-state index contributed by atoms with van der Waals surface area (Å²) in [7, 11) is 1.98. The molecule has 0 spiro atoms. The molecule has 0 bridgehead atoms. The van der Waals surface area contributed by atoms with Crippen molar-refractivity contribution in [1.82, 2.24) is 9.55 Å². The Morgan fingerprint density at radius 2 is 2.17 bits per heavy atom. The quantitative estimate of drug-likeness (QED) is 0.805. The highest BCUT2D eigenvalue weighted by Crippen LogP contribution is 2.36. The van der Waals surface area contributed by atoms with Crippen LogP contribution in [-0.4, -0.2) is 9.55 Å². The second kappa shape index (κ2) is 4.92. The molecule has 0 aliphatic carbocycles. The molecular weight excluding hydrogens is 227 g/mol. The van der Waals surface area contributed by atoms with E-state index in [1.807, 2.05) is 23.9 Å². The normalized spacial score (nSPS) is 14.4. The largest absolute Gasteiger partial charge is 0.337 e. The molecule has 0 amide bonds. The number of aromatic nitrogens is 2. The van der Waals surface area contributed by atoms with Gasteiger partial charge in [0.05, 0.1) is 6.33 Å². The third kappa shape index (κ3) is 2.17. The van der Waals surface area contributed by atoms with E-state index in [2.05, 4.69) is 18.8 Å². The molecule has 1 aromatic heterocycles. The van der Waals surface area contributed by atoms with Gasteiger partial charge in [-0.05, 0) is 31.0 Å². The van der Waals surface area contributed by atoms with Gasteiger partial charge in [0, 0.05) is 24.4 Å². The van der Waals surface area contributed by atoms with Gasteiger partial charge in [0.1, 0.15) is 5.82 Å². The molecule has 1 heterocycles. The van der Waals surface area contributed by atoms with Crippen LogP contribution < -0.4 is 0 Å². The van der Waals surface area contributed by atoms with Gasteiger partial charge >= 0.3 is 0 Å². The van der Waals surface area contributed by atoms with Gasteiger partial charge in [0.2, 0.25) is 0 Å². The molecule has 1 aromatic carbocycles. The highest BCUT2D eigenvalue weighted by Gasteiger charge is 2.30. The van der Waals surface area contributed by atoms with Crippen molar-refractivity contribution < 1.29 is 4.39 Å². The number of aryl methyl sites for hydroxylation is 1. The molecule has 0 aliphatic heterocycles. The van der Waals surface area contributed by atoms with E-state index in [4.69, 9.17) is 0 Å². The SMILES string of the molecule is CCCC(C)(c1cccc(F)c1)c1cncn1C. The van der Waals surface area contributed by atoms with E-state index in [1.165, 1.54) is 6.07 Å². The number of halogens is 1. The van der Waals surface area contributed by atoms with Crippen LogP contribution in [0.25, 0.3) is 0 Å². The van der Waals surface area contributed by atoms with E-state index in [0.717, 1.165) is 24.1 Å². The Morgan fingerprint density at radius 1 is 1.39 bits per heavy atom. The predicted octanol–water partition coefficient (Wildman–Crippen LogP) is 3.67. The van der Waals surface area contributed by atoms with Crippen molar-refractivity contribution in [2.75, 3.05) is 0 Å². The van der Waals surface area contributed by atoms with Crippen molar-refractivity contribution in [3.8, 4) is 0 Å². The third-order valence-corrected chi connectivity index (χ3v) is 3.59. The molecule has 0 aliphatic rings. The van der Waals surface area contributed by atoms with Crippen LogP contribution in [-0.2, 0) is 12.5 Å². The van der Waals surface area contributed by atoms with E-state index in [-0.39, 0.29) is 11.2 Å². The molecule has 1 atom stereocenters. The Morgan fingerprint density at radius 3 is 2.72 bits per heavy atom. The monoisotopic (exact) mass is 246 g/mol. The van der Waals surface area contributed by atoms with Crippen molar-refractivity contribution >= 4 is 0 Å². The average molecular weight is 246 g/mol. The fourth-order valence-electron chi connectivity index (χ4n) is 2.64. The Kier molecular flexibility index (Phi) is 3.50. The summed E-state index contributed by atoms with van der Waals surface area (Å²) < 4.78 is 15.5. The Labute approximate surface area is 107 Å². The van der Waals surface area contributed by atoms with Crippen molar-refractivity contribution in [1.29, 1.82) is 0 Å². The molecule has 18 heavy (non-hydrogen) atoms. The van der Waals surface area contributed by atoms with Crippen molar-refractivity contribution in [3.63, 3.8) is 0 Å². The van der Waals surface area contributed by atoms with E-state index in [9.17, 15) is 4.39 Å². The maximum Gasteiger partial charge on any atom is 0.123 e. The van der Waals surface area contributed by atoms with Crippen LogP contribution >= 0.6 is 0 Å². The lowest BCUT2D eigenvalue weighted by molar-refractivity contribution is 0.477. The lowest BCUT2D eigenvalue weighted by atomic mass is 9.76. The Hall–Kier alpha value is -1.64. The van der Waals surface area contributed by atoms with E-state index < -0.39 is 0 Å². The molecule has 0 saturated heterocycles. The number of imidazole rings is 1. The smallest absolute Gasteiger partial charge is 0.123 e. The number of rotatable bonds is 4. The first kappa shape index (κ1) is 12.8. The van der Waals surface area contributed by atoms with Gasteiger partial charge in [0.15, 0.2) is 0 Å². The summed E-state index contributed by atoms with van der Waals surface area (Å²) in [5.41, 5.74) is 1.94. The molecule has 3 heteroatoms. The minimum atomic E-state index is -0.192. The topological polar surface area (TPSA) is 17.8 Å². The molecule has 0 radical (unpaired) electrons. The van der Waals surface area contributed by atoms with Gasteiger partial charge in [-0.1, -0.05) is 25.5 Å². The summed E-state index contributed by atoms with van der Waals surface area (Å²) in [6.07, 6.45) is 5.68. The molecule has 0 saturated carbocycles. The van der Waals surface area contributed by atoms with E-state index in [0.29, 0.717) is 0 Å². The van der Waals surface area contributed by atoms with Crippen LogP contribution in [0.3, 0.4) is 0 Å². The minimum Gasteiger partial charge on any atom is -0.337 e. The van der Waals surface area contributed by atoms with Crippen LogP contribution in [0.5, 0.6) is 0 Å². The highest BCUT2D eigenvalue weighted by atomic mass is 19.1. The number of nitrogens with zero attached hydrogens (tertiary/aromatic N) is 2. The molecule has 1 unspecified atom stereocenters. The van der Waals surface area contributed by atoms with Crippen molar-refractivity contribution in [2.45, 2.75) is 32.1 Å². The fraction of sp³-hybridized carbons (Fsp3) is 0.400. The van der Waals surface area contributed by atoms with Gasteiger partial charge in [-0.3, -0.25) is 0 Å². The summed E-state index contributed by atoms with van der Waals surface area (Å²) in [5.74, 6) is -0.183. The molecule has 2 nitrogen and oxygen atoms in total. The first-order valence-corrected chi connectivity index (χ1v) is 6.31. The second-order valence-electron chi connectivity index (χ2n) is 4.98. The Balaban J connectivity index is 2.54. The lowest BCUT2D eigenvalue weighted by Crippen LogP contribution is -2.26. The maximum atomic E-state index is 13.5. The van der Waals surface area contributed by atoms with Crippen LogP contribution in [0, 0.1) is 5.82 Å². The Bertz CT molecular complexity index is 533. The standard InChI is InChI=1S/C15H19FN2/c1-4-8-15(2,14-10-17-11-18(14)3)12-6-5-7-13(16)9-12/h5-7,9-11H,4,8H2,1-3H3. The average Bonchev–Trinajstić information content (AvgIpc) is 2.76. The van der Waals surface area contributed by atoms with Crippen LogP contribution in [0.1, 0.15) is 37.9 Å².